The summed E-state index contributed by atoms with van der Waals surface area (Å²) in [5.74, 6) is 0.418. The zero-order valence-electron chi connectivity index (χ0n) is 12.4. The number of aryl methyl sites for hydroxylation is 2. The van der Waals surface area contributed by atoms with E-state index in [1.54, 1.807) is 20.0 Å². The standard InChI is InChI=1S/C13H17N5O3/c1-9-6-5-7-12(18-13(19)17(3)15-16-18)11(9)8-21-14-10(2)20-4/h5-7H,8H2,1-4H3. The van der Waals surface area contributed by atoms with Gasteiger partial charge in [0, 0.05) is 19.5 Å². The van der Waals surface area contributed by atoms with Crippen LogP contribution >= 0.6 is 0 Å². The summed E-state index contributed by atoms with van der Waals surface area (Å²) in [5.41, 5.74) is 2.08. The lowest BCUT2D eigenvalue weighted by molar-refractivity contribution is 0.121. The zero-order chi connectivity index (χ0) is 15.4. The lowest BCUT2D eigenvalue weighted by Gasteiger charge is -2.10. The molecule has 0 atom stereocenters. The molecule has 0 spiro atoms. The van der Waals surface area contributed by atoms with E-state index in [1.165, 1.54) is 16.5 Å². The van der Waals surface area contributed by atoms with Crippen molar-refractivity contribution >= 4 is 5.90 Å². The molecule has 2 aromatic rings. The van der Waals surface area contributed by atoms with E-state index < -0.39 is 0 Å². The number of rotatable bonds is 4. The molecule has 8 heteroatoms. The average Bonchev–Trinajstić information content (AvgIpc) is 2.80. The smallest absolute Gasteiger partial charge is 0.368 e. The van der Waals surface area contributed by atoms with Gasteiger partial charge in [-0.15, -0.1) is 0 Å². The van der Waals surface area contributed by atoms with Crippen LogP contribution < -0.4 is 5.69 Å². The van der Waals surface area contributed by atoms with E-state index in [-0.39, 0.29) is 12.3 Å². The summed E-state index contributed by atoms with van der Waals surface area (Å²) in [6.45, 7) is 3.81. The van der Waals surface area contributed by atoms with Gasteiger partial charge in [-0.2, -0.15) is 9.36 Å². The van der Waals surface area contributed by atoms with Crippen LogP contribution in [0.1, 0.15) is 18.1 Å². The van der Waals surface area contributed by atoms with Crippen molar-refractivity contribution in [2.24, 2.45) is 12.2 Å². The number of hydrogen-bond donors (Lipinski definition) is 0. The van der Waals surface area contributed by atoms with Crippen LogP contribution in [0.15, 0.2) is 28.1 Å². The fourth-order valence-corrected chi connectivity index (χ4v) is 1.76. The lowest BCUT2D eigenvalue weighted by atomic mass is 10.1. The average molecular weight is 291 g/mol. The minimum absolute atomic E-state index is 0.200. The molecule has 0 saturated heterocycles. The molecule has 0 bridgehead atoms. The number of tetrazole rings is 1. The third-order valence-electron chi connectivity index (χ3n) is 3.03. The quantitative estimate of drug-likeness (QED) is 0.472. The van der Waals surface area contributed by atoms with Crippen molar-refractivity contribution in [1.82, 2.24) is 19.8 Å². The summed E-state index contributed by atoms with van der Waals surface area (Å²) in [6, 6.07) is 5.56. The van der Waals surface area contributed by atoms with Crippen LogP contribution in [0.4, 0.5) is 0 Å². The number of ether oxygens (including phenoxy) is 1. The number of oxime groups is 1. The molecule has 0 fully saturated rings. The minimum atomic E-state index is -0.321. The highest BCUT2D eigenvalue weighted by Crippen LogP contribution is 2.17. The first kappa shape index (κ1) is 14.8. The number of hydrogen-bond acceptors (Lipinski definition) is 6. The number of benzene rings is 1. The Balaban J connectivity index is 2.37. The highest BCUT2D eigenvalue weighted by molar-refractivity contribution is 5.72. The van der Waals surface area contributed by atoms with Gasteiger partial charge in [0.1, 0.15) is 6.61 Å². The molecule has 0 aliphatic rings. The number of nitrogens with zero attached hydrogens (tertiary/aromatic N) is 5. The van der Waals surface area contributed by atoms with Crippen molar-refractivity contribution in [1.29, 1.82) is 0 Å². The Hall–Kier alpha value is -2.64. The molecule has 1 aromatic carbocycles. The predicted molar refractivity (Wildman–Crippen MR) is 76.2 cm³/mol. The Morgan fingerprint density at radius 2 is 2.14 bits per heavy atom. The van der Waals surface area contributed by atoms with E-state index in [0.717, 1.165) is 11.1 Å². The van der Waals surface area contributed by atoms with Gasteiger partial charge in [0.15, 0.2) is 0 Å². The normalized spacial score (nSPS) is 11.5. The maximum atomic E-state index is 12.0. The molecule has 0 aliphatic carbocycles. The van der Waals surface area contributed by atoms with E-state index in [2.05, 4.69) is 15.6 Å². The third kappa shape index (κ3) is 3.10. The van der Waals surface area contributed by atoms with Crippen LogP contribution in [0.2, 0.25) is 0 Å². The molecule has 0 saturated carbocycles. The first-order valence-electron chi connectivity index (χ1n) is 6.33. The van der Waals surface area contributed by atoms with Crippen molar-refractivity contribution in [3.8, 4) is 5.69 Å². The Labute approximate surface area is 121 Å². The Morgan fingerprint density at radius 1 is 1.38 bits per heavy atom. The maximum absolute atomic E-state index is 12.0. The fourth-order valence-electron chi connectivity index (χ4n) is 1.76. The summed E-state index contributed by atoms with van der Waals surface area (Å²) in [6.07, 6.45) is 0. The molecule has 8 nitrogen and oxygen atoms in total. The first-order valence-corrected chi connectivity index (χ1v) is 6.33. The molecule has 2 rings (SSSR count). The summed E-state index contributed by atoms with van der Waals surface area (Å²) in [7, 11) is 3.06. The summed E-state index contributed by atoms with van der Waals surface area (Å²) in [5, 5.41) is 11.4. The van der Waals surface area contributed by atoms with E-state index in [4.69, 9.17) is 9.57 Å². The highest BCUT2D eigenvalue weighted by atomic mass is 16.6. The van der Waals surface area contributed by atoms with Crippen LogP contribution in [0.5, 0.6) is 0 Å². The second kappa shape index (κ2) is 6.21. The summed E-state index contributed by atoms with van der Waals surface area (Å²) < 4.78 is 7.30. The molecule has 0 N–H and O–H groups in total. The van der Waals surface area contributed by atoms with E-state index >= 15 is 0 Å². The van der Waals surface area contributed by atoms with Crippen molar-refractivity contribution in [3.05, 3.63) is 39.8 Å². The van der Waals surface area contributed by atoms with Gasteiger partial charge in [0.2, 0.25) is 5.90 Å². The van der Waals surface area contributed by atoms with Gasteiger partial charge in [-0.25, -0.2) is 4.79 Å². The molecule has 0 unspecified atom stereocenters. The molecule has 1 aromatic heterocycles. The van der Waals surface area contributed by atoms with Gasteiger partial charge in [0.25, 0.3) is 0 Å². The molecular formula is C13H17N5O3. The highest BCUT2D eigenvalue weighted by Gasteiger charge is 2.13. The van der Waals surface area contributed by atoms with Gasteiger partial charge in [-0.1, -0.05) is 17.3 Å². The third-order valence-corrected chi connectivity index (χ3v) is 3.03. The molecule has 1 heterocycles. The van der Waals surface area contributed by atoms with Gasteiger partial charge < -0.3 is 9.57 Å². The van der Waals surface area contributed by atoms with Gasteiger partial charge in [0.05, 0.1) is 12.8 Å². The maximum Gasteiger partial charge on any atom is 0.368 e. The lowest BCUT2D eigenvalue weighted by Crippen LogP contribution is -2.23. The van der Waals surface area contributed by atoms with Crippen LogP contribution in [0.25, 0.3) is 5.69 Å². The Bertz CT molecular complexity index is 717. The van der Waals surface area contributed by atoms with E-state index in [0.29, 0.717) is 11.6 Å². The minimum Gasteiger partial charge on any atom is -0.482 e. The zero-order valence-corrected chi connectivity index (χ0v) is 12.4. The predicted octanol–water partition coefficient (Wildman–Crippen LogP) is 0.771. The topological polar surface area (TPSA) is 83.5 Å². The fraction of sp³-hybridized carbons (Fsp3) is 0.385. The molecule has 0 radical (unpaired) electrons. The molecule has 21 heavy (non-hydrogen) atoms. The Morgan fingerprint density at radius 3 is 2.76 bits per heavy atom. The second-order valence-corrected chi connectivity index (χ2v) is 4.46. The Kier molecular flexibility index (Phi) is 4.36. The van der Waals surface area contributed by atoms with Crippen molar-refractivity contribution in [2.75, 3.05) is 7.11 Å². The largest absolute Gasteiger partial charge is 0.482 e. The van der Waals surface area contributed by atoms with Crippen molar-refractivity contribution < 1.29 is 9.57 Å². The van der Waals surface area contributed by atoms with E-state index in [1.807, 2.05) is 19.1 Å². The summed E-state index contributed by atoms with van der Waals surface area (Å²) >= 11 is 0. The second-order valence-electron chi connectivity index (χ2n) is 4.46. The van der Waals surface area contributed by atoms with Crippen LogP contribution in [0, 0.1) is 6.92 Å². The monoisotopic (exact) mass is 291 g/mol. The number of methoxy groups -OCH3 is 1. The van der Waals surface area contributed by atoms with E-state index in [9.17, 15) is 4.79 Å². The molecular weight excluding hydrogens is 274 g/mol. The van der Waals surface area contributed by atoms with Crippen LogP contribution in [-0.2, 0) is 23.2 Å². The SMILES string of the molecule is COC(C)=NOCc1c(C)cccc1-n1nnn(C)c1=O. The number of aromatic nitrogens is 4. The van der Waals surface area contributed by atoms with Gasteiger partial charge in [-0.3, -0.25) is 0 Å². The molecule has 0 aliphatic heterocycles. The molecule has 0 amide bonds. The summed E-state index contributed by atoms with van der Waals surface area (Å²) in [4.78, 5) is 17.2. The van der Waals surface area contributed by atoms with Gasteiger partial charge >= 0.3 is 5.69 Å². The van der Waals surface area contributed by atoms with Crippen molar-refractivity contribution in [2.45, 2.75) is 20.5 Å². The van der Waals surface area contributed by atoms with Crippen LogP contribution in [-0.4, -0.2) is 32.8 Å². The van der Waals surface area contributed by atoms with Crippen molar-refractivity contribution in [3.63, 3.8) is 0 Å². The van der Waals surface area contributed by atoms with Gasteiger partial charge in [-0.05, 0) is 29.0 Å². The molecule has 112 valence electrons. The van der Waals surface area contributed by atoms with Crippen LogP contribution in [0.3, 0.4) is 0 Å². The first-order chi connectivity index (χ1) is 10.0.